The molecule has 1 aliphatic rings. The Morgan fingerprint density at radius 3 is 2.28 bits per heavy atom. The summed E-state index contributed by atoms with van der Waals surface area (Å²) in [5, 5.41) is 15.6. The number of thioether (sulfide) groups is 1. The number of piperazine rings is 1. The first-order valence-electron chi connectivity index (χ1n) is 11.8. The lowest BCUT2D eigenvalue weighted by molar-refractivity contribution is -0.384. The molecular formula is C25H22ClN5O5S3. The van der Waals surface area contributed by atoms with Gasteiger partial charge in [-0.3, -0.25) is 14.9 Å². The minimum absolute atomic E-state index is 0.135. The predicted molar refractivity (Wildman–Crippen MR) is 153 cm³/mol. The normalized spacial score (nSPS) is 14.4. The van der Waals surface area contributed by atoms with Gasteiger partial charge in [0.15, 0.2) is 4.34 Å². The Morgan fingerprint density at radius 1 is 1.03 bits per heavy atom. The summed E-state index contributed by atoms with van der Waals surface area (Å²) in [6.45, 7) is 0.901. The number of para-hydroxylation sites is 1. The zero-order chi connectivity index (χ0) is 27.6. The van der Waals surface area contributed by atoms with Crippen molar-refractivity contribution >= 4 is 56.1 Å². The first-order chi connectivity index (χ1) is 18.8. The van der Waals surface area contributed by atoms with E-state index in [4.69, 9.17) is 11.6 Å². The number of aromatic nitrogens is 2. The van der Waals surface area contributed by atoms with Crippen molar-refractivity contribution in [3.05, 3.63) is 103 Å². The minimum Gasteiger partial charge on any atom is -0.367 e. The molecule has 1 fully saturated rings. The molecule has 0 amide bonds. The van der Waals surface area contributed by atoms with E-state index >= 15 is 0 Å². The number of sulfonamides is 1. The average molecular weight is 604 g/mol. The molecule has 2 aromatic carbocycles. The summed E-state index contributed by atoms with van der Waals surface area (Å²) in [5.74, 6) is 0.578. The molecule has 4 aromatic rings. The lowest BCUT2D eigenvalue weighted by Crippen LogP contribution is -2.49. The lowest BCUT2D eigenvalue weighted by Gasteiger charge is -2.35. The van der Waals surface area contributed by atoms with Crippen LogP contribution in [-0.2, 0) is 15.8 Å². The molecule has 0 aliphatic carbocycles. The van der Waals surface area contributed by atoms with E-state index in [9.17, 15) is 23.3 Å². The van der Waals surface area contributed by atoms with Crippen LogP contribution < -0.4 is 10.5 Å². The molecule has 3 heterocycles. The summed E-state index contributed by atoms with van der Waals surface area (Å²) in [7, 11) is -3.96. The molecule has 39 heavy (non-hydrogen) atoms. The summed E-state index contributed by atoms with van der Waals surface area (Å²) in [5.41, 5.74) is 1.67. The quantitative estimate of drug-likeness (QED) is 0.162. The van der Waals surface area contributed by atoms with E-state index in [0.717, 1.165) is 11.6 Å². The number of anilines is 1. The van der Waals surface area contributed by atoms with Gasteiger partial charge in [-0.15, -0.1) is 23.1 Å². The second-order valence-electron chi connectivity index (χ2n) is 8.56. The van der Waals surface area contributed by atoms with Gasteiger partial charge in [0.2, 0.25) is 0 Å². The van der Waals surface area contributed by atoms with E-state index in [2.05, 4.69) is 5.10 Å². The molecular weight excluding hydrogens is 582 g/mol. The van der Waals surface area contributed by atoms with Crippen LogP contribution in [0.2, 0.25) is 4.34 Å². The second-order valence-corrected chi connectivity index (χ2v) is 13.4. The van der Waals surface area contributed by atoms with E-state index in [0.29, 0.717) is 46.4 Å². The molecule has 0 atom stereocenters. The first kappa shape index (κ1) is 27.3. The Labute approximate surface area is 237 Å². The summed E-state index contributed by atoms with van der Waals surface area (Å²) < 4.78 is 28.6. The Balaban J connectivity index is 1.41. The fourth-order valence-electron chi connectivity index (χ4n) is 4.16. The maximum absolute atomic E-state index is 13.6. The van der Waals surface area contributed by atoms with Gasteiger partial charge in [0.1, 0.15) is 9.10 Å². The summed E-state index contributed by atoms with van der Waals surface area (Å²) >= 11 is 7.98. The molecule has 0 N–H and O–H groups in total. The molecule has 1 aliphatic heterocycles. The third-order valence-electron chi connectivity index (χ3n) is 6.16. The van der Waals surface area contributed by atoms with Gasteiger partial charge in [0.25, 0.3) is 21.3 Å². The molecule has 0 bridgehead atoms. The van der Waals surface area contributed by atoms with Gasteiger partial charge in [-0.2, -0.15) is 14.1 Å². The molecule has 5 rings (SSSR count). The largest absolute Gasteiger partial charge is 0.367 e. The maximum atomic E-state index is 13.6. The second kappa shape index (κ2) is 11.5. The highest BCUT2D eigenvalue weighted by molar-refractivity contribution is 7.98. The summed E-state index contributed by atoms with van der Waals surface area (Å²) in [4.78, 5) is 26.5. The highest BCUT2D eigenvalue weighted by Gasteiger charge is 2.33. The van der Waals surface area contributed by atoms with Gasteiger partial charge >= 0.3 is 0 Å². The van der Waals surface area contributed by atoms with Crippen molar-refractivity contribution in [2.75, 3.05) is 31.1 Å². The first-order valence-corrected chi connectivity index (χ1v) is 15.4. The molecule has 10 nitrogen and oxygen atoms in total. The van der Waals surface area contributed by atoms with Crippen LogP contribution in [-0.4, -0.2) is 53.6 Å². The summed E-state index contributed by atoms with van der Waals surface area (Å²) in [6.07, 6.45) is 1.65. The van der Waals surface area contributed by atoms with Crippen molar-refractivity contribution in [2.45, 2.75) is 14.9 Å². The van der Waals surface area contributed by atoms with Crippen molar-refractivity contribution in [1.29, 1.82) is 0 Å². The van der Waals surface area contributed by atoms with Crippen LogP contribution in [0.4, 0.5) is 11.4 Å². The summed E-state index contributed by atoms with van der Waals surface area (Å²) in [6, 6.07) is 20.0. The van der Waals surface area contributed by atoms with Gasteiger partial charge < -0.3 is 4.90 Å². The van der Waals surface area contributed by atoms with Gasteiger partial charge in [-0.25, -0.2) is 8.42 Å². The van der Waals surface area contributed by atoms with E-state index in [-0.39, 0.29) is 27.2 Å². The fourth-order valence-corrected chi connectivity index (χ4v) is 8.44. The van der Waals surface area contributed by atoms with E-state index in [1.54, 1.807) is 6.20 Å². The van der Waals surface area contributed by atoms with Crippen LogP contribution >= 0.6 is 34.7 Å². The number of nitro groups is 1. The zero-order valence-electron chi connectivity index (χ0n) is 20.3. The monoisotopic (exact) mass is 603 g/mol. The Kier molecular flexibility index (Phi) is 8.05. The predicted octanol–water partition coefficient (Wildman–Crippen LogP) is 4.66. The molecule has 0 radical (unpaired) electrons. The van der Waals surface area contributed by atoms with Crippen LogP contribution in [0.1, 0.15) is 5.56 Å². The standard InChI is InChI=1S/C25H22ClN5O5S3/c26-24-20(31(33)34)15-22(38-24)39(35,36)29-13-11-28(12-14-29)21-16-27-30(19-9-5-2-6-10-19)25(32)23(21)37-17-18-7-3-1-4-8-18/h1-10,15-16H,11-14,17H2. The zero-order valence-corrected chi connectivity index (χ0v) is 23.5. The third kappa shape index (κ3) is 5.72. The SMILES string of the molecule is O=c1c(SCc2ccccc2)c(N2CCN(S(=O)(=O)c3cc([N+](=O)[O-])c(Cl)s3)CC2)cnn1-c1ccccc1. The van der Waals surface area contributed by atoms with Crippen molar-refractivity contribution in [2.24, 2.45) is 0 Å². The molecule has 1 saturated heterocycles. The van der Waals surface area contributed by atoms with Gasteiger partial charge in [-0.1, -0.05) is 60.1 Å². The third-order valence-corrected chi connectivity index (χ3v) is 11.0. The Morgan fingerprint density at radius 2 is 1.67 bits per heavy atom. The van der Waals surface area contributed by atoms with Gasteiger partial charge in [-0.05, 0) is 17.7 Å². The van der Waals surface area contributed by atoms with Gasteiger partial charge in [0, 0.05) is 38.0 Å². The maximum Gasteiger partial charge on any atom is 0.300 e. The highest BCUT2D eigenvalue weighted by Crippen LogP contribution is 2.38. The Hall–Kier alpha value is -3.23. The number of halogens is 1. The molecule has 0 spiro atoms. The number of hydrogen-bond acceptors (Lipinski definition) is 9. The van der Waals surface area contributed by atoms with Crippen LogP contribution in [0, 0.1) is 10.1 Å². The van der Waals surface area contributed by atoms with Crippen LogP contribution in [0.5, 0.6) is 0 Å². The number of nitrogens with zero attached hydrogens (tertiary/aromatic N) is 5. The van der Waals surface area contributed by atoms with Crippen molar-refractivity contribution in [3.63, 3.8) is 0 Å². The van der Waals surface area contributed by atoms with Crippen molar-refractivity contribution < 1.29 is 13.3 Å². The fraction of sp³-hybridized carbons (Fsp3) is 0.200. The molecule has 0 unspecified atom stereocenters. The number of thiophene rings is 1. The molecule has 0 saturated carbocycles. The van der Waals surface area contributed by atoms with Crippen molar-refractivity contribution in [1.82, 2.24) is 14.1 Å². The van der Waals surface area contributed by atoms with E-state index in [1.807, 2.05) is 65.6 Å². The van der Waals surface area contributed by atoms with E-state index < -0.39 is 20.6 Å². The van der Waals surface area contributed by atoms with Crippen molar-refractivity contribution in [3.8, 4) is 5.69 Å². The molecule has 202 valence electrons. The van der Waals surface area contributed by atoms with Crippen LogP contribution in [0.3, 0.4) is 0 Å². The van der Waals surface area contributed by atoms with E-state index in [1.165, 1.54) is 20.7 Å². The topological polar surface area (TPSA) is 119 Å². The number of rotatable bonds is 8. The average Bonchev–Trinajstić information content (AvgIpc) is 3.36. The van der Waals surface area contributed by atoms with Gasteiger partial charge in [0.05, 0.1) is 22.5 Å². The smallest absolute Gasteiger partial charge is 0.300 e. The van der Waals surface area contributed by atoms with Crippen LogP contribution in [0.15, 0.2) is 86.8 Å². The lowest BCUT2D eigenvalue weighted by atomic mass is 10.2. The number of benzene rings is 2. The van der Waals surface area contributed by atoms with Crippen LogP contribution in [0.25, 0.3) is 5.69 Å². The highest BCUT2D eigenvalue weighted by atomic mass is 35.5. The Bertz CT molecular complexity index is 1650. The molecule has 2 aromatic heterocycles. The number of hydrogen-bond donors (Lipinski definition) is 0. The molecule has 14 heteroatoms. The minimum atomic E-state index is -3.96.